The van der Waals surface area contributed by atoms with Crippen LogP contribution in [0.2, 0.25) is 0 Å². The van der Waals surface area contributed by atoms with Crippen LogP contribution < -0.4 is 4.90 Å². The minimum Gasteiger partial charge on any atom is -0.339 e. The van der Waals surface area contributed by atoms with Gasteiger partial charge in [0, 0.05) is 36.1 Å². The summed E-state index contributed by atoms with van der Waals surface area (Å²) in [5, 5.41) is 9.63. The predicted molar refractivity (Wildman–Crippen MR) is 101 cm³/mol. The molecule has 2 aromatic rings. The van der Waals surface area contributed by atoms with Crippen molar-refractivity contribution in [2.45, 2.75) is 26.3 Å². The fourth-order valence-corrected chi connectivity index (χ4v) is 3.91. The average Bonchev–Trinajstić information content (AvgIpc) is 3.21. The molecule has 1 aromatic carbocycles. The first-order valence-electron chi connectivity index (χ1n) is 8.03. The SMILES string of the molecule is CC(C)N1CC(C(=O)N(C)c2nnc(-c3ccc(Br)cc3)s2)CC1=O. The number of amides is 2. The number of carbonyl (C=O) groups excluding carboxylic acids is 2. The number of hydrogen-bond acceptors (Lipinski definition) is 5. The summed E-state index contributed by atoms with van der Waals surface area (Å²) in [4.78, 5) is 28.0. The smallest absolute Gasteiger partial charge is 0.233 e. The van der Waals surface area contributed by atoms with E-state index in [1.165, 1.54) is 16.2 Å². The largest absolute Gasteiger partial charge is 0.339 e. The van der Waals surface area contributed by atoms with Gasteiger partial charge in [-0.25, -0.2) is 0 Å². The van der Waals surface area contributed by atoms with Gasteiger partial charge in [0.1, 0.15) is 5.01 Å². The number of anilines is 1. The molecule has 132 valence electrons. The molecule has 0 saturated carbocycles. The Morgan fingerprint density at radius 2 is 2.00 bits per heavy atom. The van der Waals surface area contributed by atoms with E-state index in [0.29, 0.717) is 11.7 Å². The first-order valence-corrected chi connectivity index (χ1v) is 9.64. The van der Waals surface area contributed by atoms with E-state index in [9.17, 15) is 9.59 Å². The normalized spacial score (nSPS) is 17.4. The van der Waals surface area contributed by atoms with Crippen LogP contribution in [0.5, 0.6) is 0 Å². The van der Waals surface area contributed by atoms with E-state index in [0.717, 1.165) is 15.0 Å². The van der Waals surface area contributed by atoms with Gasteiger partial charge in [0.15, 0.2) is 0 Å². The summed E-state index contributed by atoms with van der Waals surface area (Å²) >= 11 is 4.77. The van der Waals surface area contributed by atoms with Crippen LogP contribution in [0.15, 0.2) is 28.7 Å². The fourth-order valence-electron chi connectivity index (χ4n) is 2.82. The predicted octanol–water partition coefficient (Wildman–Crippen LogP) is 3.19. The molecule has 3 rings (SSSR count). The number of likely N-dealkylation sites (tertiary alicyclic amines) is 1. The monoisotopic (exact) mass is 422 g/mol. The van der Waals surface area contributed by atoms with Crippen LogP contribution in [0.3, 0.4) is 0 Å². The Labute approximate surface area is 159 Å². The number of benzene rings is 1. The summed E-state index contributed by atoms with van der Waals surface area (Å²) in [6, 6.07) is 7.89. The van der Waals surface area contributed by atoms with E-state index in [1.807, 2.05) is 38.1 Å². The van der Waals surface area contributed by atoms with Crippen molar-refractivity contribution in [3.63, 3.8) is 0 Å². The molecule has 1 aliphatic heterocycles. The van der Waals surface area contributed by atoms with Crippen molar-refractivity contribution < 1.29 is 9.59 Å². The molecule has 1 saturated heterocycles. The Morgan fingerprint density at radius 3 is 2.60 bits per heavy atom. The number of nitrogens with zero attached hydrogens (tertiary/aromatic N) is 4. The van der Waals surface area contributed by atoms with Crippen molar-refractivity contribution in [1.82, 2.24) is 15.1 Å². The molecule has 0 N–H and O–H groups in total. The lowest BCUT2D eigenvalue weighted by molar-refractivity contribution is -0.129. The van der Waals surface area contributed by atoms with Gasteiger partial charge in [0.05, 0.1) is 5.92 Å². The lowest BCUT2D eigenvalue weighted by Crippen LogP contribution is -2.36. The number of halogens is 1. The molecule has 1 atom stereocenters. The van der Waals surface area contributed by atoms with E-state index in [-0.39, 0.29) is 30.2 Å². The van der Waals surface area contributed by atoms with Crippen molar-refractivity contribution in [1.29, 1.82) is 0 Å². The Bertz CT molecular complexity index is 790. The highest BCUT2D eigenvalue weighted by Crippen LogP contribution is 2.31. The van der Waals surface area contributed by atoms with Gasteiger partial charge < -0.3 is 4.90 Å². The zero-order valence-corrected chi connectivity index (χ0v) is 16.7. The van der Waals surface area contributed by atoms with E-state index < -0.39 is 0 Å². The number of hydrogen-bond donors (Lipinski definition) is 0. The molecule has 1 aromatic heterocycles. The second-order valence-corrected chi connectivity index (χ2v) is 8.21. The lowest BCUT2D eigenvalue weighted by Gasteiger charge is -2.22. The van der Waals surface area contributed by atoms with Gasteiger partial charge in [-0.05, 0) is 26.0 Å². The third-order valence-electron chi connectivity index (χ3n) is 4.25. The molecule has 0 radical (unpaired) electrons. The first-order chi connectivity index (χ1) is 11.9. The Balaban J connectivity index is 1.73. The maximum atomic E-state index is 12.7. The van der Waals surface area contributed by atoms with E-state index in [4.69, 9.17) is 0 Å². The number of rotatable bonds is 4. The third kappa shape index (κ3) is 3.74. The molecule has 25 heavy (non-hydrogen) atoms. The van der Waals surface area contributed by atoms with Gasteiger partial charge in [0.25, 0.3) is 0 Å². The maximum Gasteiger partial charge on any atom is 0.233 e. The molecule has 8 heteroatoms. The highest BCUT2D eigenvalue weighted by molar-refractivity contribution is 9.10. The van der Waals surface area contributed by atoms with Gasteiger partial charge in [-0.3, -0.25) is 14.5 Å². The van der Waals surface area contributed by atoms with Crippen molar-refractivity contribution >= 4 is 44.2 Å². The van der Waals surface area contributed by atoms with Gasteiger partial charge in [-0.15, -0.1) is 10.2 Å². The second-order valence-electron chi connectivity index (χ2n) is 6.33. The van der Waals surface area contributed by atoms with Gasteiger partial charge in [-0.2, -0.15) is 0 Å². The molecule has 2 amide bonds. The molecule has 0 bridgehead atoms. The zero-order valence-electron chi connectivity index (χ0n) is 14.3. The standard InChI is InChI=1S/C17H19BrN4O2S/c1-10(2)22-9-12(8-14(22)23)16(24)21(3)17-20-19-15(25-17)11-4-6-13(18)7-5-11/h4-7,10,12H,8-9H2,1-3H3. The maximum absolute atomic E-state index is 12.7. The topological polar surface area (TPSA) is 66.4 Å². The summed E-state index contributed by atoms with van der Waals surface area (Å²) in [5.41, 5.74) is 0.954. The summed E-state index contributed by atoms with van der Waals surface area (Å²) in [6.07, 6.45) is 0.264. The van der Waals surface area contributed by atoms with Crippen LogP contribution >= 0.6 is 27.3 Å². The van der Waals surface area contributed by atoms with Crippen LogP contribution in [0, 0.1) is 5.92 Å². The highest BCUT2D eigenvalue weighted by Gasteiger charge is 2.37. The Hall–Kier alpha value is -1.80. The molecule has 1 unspecified atom stereocenters. The van der Waals surface area contributed by atoms with Crippen LogP contribution in [0.4, 0.5) is 5.13 Å². The minimum atomic E-state index is -0.320. The average molecular weight is 423 g/mol. The summed E-state index contributed by atoms with van der Waals surface area (Å²) in [5.74, 6) is -0.371. The minimum absolute atomic E-state index is 0.0366. The zero-order chi connectivity index (χ0) is 18.1. The molecule has 6 nitrogen and oxygen atoms in total. The molecular formula is C17H19BrN4O2S. The molecule has 0 aliphatic carbocycles. The molecule has 2 heterocycles. The highest BCUT2D eigenvalue weighted by atomic mass is 79.9. The molecule has 1 fully saturated rings. The quantitative estimate of drug-likeness (QED) is 0.758. The first kappa shape index (κ1) is 18.0. The van der Waals surface area contributed by atoms with E-state index in [1.54, 1.807) is 11.9 Å². The van der Waals surface area contributed by atoms with Crippen LogP contribution in [-0.4, -0.2) is 46.5 Å². The number of aromatic nitrogens is 2. The Kier molecular flexibility index (Phi) is 5.19. The number of carbonyl (C=O) groups is 2. The van der Waals surface area contributed by atoms with Crippen LogP contribution in [-0.2, 0) is 9.59 Å². The van der Waals surface area contributed by atoms with Crippen LogP contribution in [0.1, 0.15) is 20.3 Å². The van der Waals surface area contributed by atoms with Crippen molar-refractivity contribution in [2.24, 2.45) is 5.92 Å². The summed E-state index contributed by atoms with van der Waals surface area (Å²) in [6.45, 7) is 4.39. The third-order valence-corrected chi connectivity index (χ3v) is 5.83. The lowest BCUT2D eigenvalue weighted by atomic mass is 10.1. The van der Waals surface area contributed by atoms with Crippen LogP contribution in [0.25, 0.3) is 10.6 Å². The fraction of sp³-hybridized carbons (Fsp3) is 0.412. The Morgan fingerprint density at radius 1 is 1.32 bits per heavy atom. The second kappa shape index (κ2) is 7.21. The molecule has 0 spiro atoms. The van der Waals surface area contributed by atoms with E-state index >= 15 is 0 Å². The van der Waals surface area contributed by atoms with Crippen molar-refractivity contribution in [2.75, 3.05) is 18.5 Å². The van der Waals surface area contributed by atoms with Gasteiger partial charge in [0.2, 0.25) is 16.9 Å². The summed E-state index contributed by atoms with van der Waals surface area (Å²) < 4.78 is 0.994. The van der Waals surface area contributed by atoms with Gasteiger partial charge >= 0.3 is 0 Å². The summed E-state index contributed by atoms with van der Waals surface area (Å²) in [7, 11) is 1.69. The molecular weight excluding hydrogens is 404 g/mol. The van der Waals surface area contributed by atoms with Crippen molar-refractivity contribution in [3.8, 4) is 10.6 Å². The van der Waals surface area contributed by atoms with Crippen molar-refractivity contribution in [3.05, 3.63) is 28.7 Å². The molecule has 1 aliphatic rings. The van der Waals surface area contributed by atoms with E-state index in [2.05, 4.69) is 26.1 Å². The van der Waals surface area contributed by atoms with Gasteiger partial charge in [-0.1, -0.05) is 39.4 Å².